The van der Waals surface area contributed by atoms with Crippen molar-refractivity contribution < 1.29 is 19.7 Å². The zero-order chi connectivity index (χ0) is 17.4. The Bertz CT molecular complexity index is 527. The zero-order valence-corrected chi connectivity index (χ0v) is 14.9. The van der Waals surface area contributed by atoms with Crippen molar-refractivity contribution in [2.75, 3.05) is 0 Å². The number of aliphatic hydroxyl groups is 2. The molecule has 0 saturated carbocycles. The van der Waals surface area contributed by atoms with Crippen molar-refractivity contribution in [1.29, 1.82) is 0 Å². The van der Waals surface area contributed by atoms with Gasteiger partial charge in [-0.2, -0.15) is 0 Å². The van der Waals surface area contributed by atoms with Crippen molar-refractivity contribution in [3.63, 3.8) is 0 Å². The lowest BCUT2D eigenvalue weighted by atomic mass is 9.75. The Balaban J connectivity index is 2.49. The maximum atomic E-state index is 12.2. The summed E-state index contributed by atoms with van der Waals surface area (Å²) in [6.45, 7) is 9.66. The molecule has 0 aromatic rings. The highest BCUT2D eigenvalue weighted by Crippen LogP contribution is 2.43. The first-order valence-corrected chi connectivity index (χ1v) is 8.62. The SMILES string of the molecule is CC(C)=C[C@@H]1C[C@H](C)CCC[C@H](C)C2=C[C@](O)(OC2=O)[C@@]1(C)O. The van der Waals surface area contributed by atoms with Gasteiger partial charge in [0, 0.05) is 17.6 Å². The minimum atomic E-state index is -1.96. The monoisotopic (exact) mass is 322 g/mol. The summed E-state index contributed by atoms with van der Waals surface area (Å²) in [6.07, 6.45) is 7.13. The van der Waals surface area contributed by atoms with Crippen LogP contribution < -0.4 is 0 Å². The predicted octanol–water partition coefficient (Wildman–Crippen LogP) is 3.34. The van der Waals surface area contributed by atoms with Crippen LogP contribution in [0.4, 0.5) is 0 Å². The minimum absolute atomic E-state index is 0.0273. The van der Waals surface area contributed by atoms with E-state index < -0.39 is 17.4 Å². The molecule has 4 nitrogen and oxygen atoms in total. The first-order chi connectivity index (χ1) is 10.6. The van der Waals surface area contributed by atoms with Crippen LogP contribution in [-0.4, -0.2) is 27.6 Å². The fourth-order valence-corrected chi connectivity index (χ4v) is 3.70. The van der Waals surface area contributed by atoms with Gasteiger partial charge in [-0.15, -0.1) is 0 Å². The van der Waals surface area contributed by atoms with E-state index in [0.717, 1.165) is 31.3 Å². The van der Waals surface area contributed by atoms with Crippen LogP contribution in [0.3, 0.4) is 0 Å². The molecule has 1 aliphatic heterocycles. The van der Waals surface area contributed by atoms with Crippen molar-refractivity contribution >= 4 is 5.97 Å². The predicted molar refractivity (Wildman–Crippen MR) is 89.5 cm³/mol. The topological polar surface area (TPSA) is 66.8 Å². The van der Waals surface area contributed by atoms with Crippen LogP contribution >= 0.6 is 0 Å². The molecule has 23 heavy (non-hydrogen) atoms. The van der Waals surface area contributed by atoms with Gasteiger partial charge in [0.25, 0.3) is 5.79 Å². The van der Waals surface area contributed by atoms with Crippen LogP contribution in [0.15, 0.2) is 23.3 Å². The van der Waals surface area contributed by atoms with Gasteiger partial charge in [0.15, 0.2) is 0 Å². The highest BCUT2D eigenvalue weighted by Gasteiger charge is 2.56. The maximum absolute atomic E-state index is 12.2. The average molecular weight is 322 g/mol. The molecule has 0 fully saturated rings. The molecule has 0 aromatic carbocycles. The van der Waals surface area contributed by atoms with Crippen LogP contribution in [0, 0.1) is 17.8 Å². The lowest BCUT2D eigenvalue weighted by molar-refractivity contribution is -0.257. The number of ether oxygens (including phenoxy) is 1. The summed E-state index contributed by atoms with van der Waals surface area (Å²) < 4.78 is 5.26. The Morgan fingerprint density at radius 3 is 2.57 bits per heavy atom. The van der Waals surface area contributed by atoms with E-state index in [9.17, 15) is 15.0 Å². The third-order valence-electron chi connectivity index (χ3n) is 5.34. The molecule has 0 saturated heterocycles. The van der Waals surface area contributed by atoms with Gasteiger partial charge in [-0.05, 0) is 45.4 Å². The van der Waals surface area contributed by atoms with E-state index in [1.807, 2.05) is 26.8 Å². The Hall–Kier alpha value is -1.13. The number of rotatable bonds is 1. The van der Waals surface area contributed by atoms with E-state index >= 15 is 0 Å². The smallest absolute Gasteiger partial charge is 0.337 e. The number of hydrogen-bond acceptors (Lipinski definition) is 4. The Labute approximate surface area is 139 Å². The molecule has 4 heteroatoms. The fraction of sp³-hybridized carbons (Fsp3) is 0.737. The minimum Gasteiger partial charge on any atom is -0.423 e. The van der Waals surface area contributed by atoms with Crippen molar-refractivity contribution in [3.05, 3.63) is 23.3 Å². The van der Waals surface area contributed by atoms with E-state index in [0.29, 0.717) is 11.5 Å². The molecule has 2 rings (SSSR count). The van der Waals surface area contributed by atoms with Crippen molar-refractivity contribution in [2.45, 2.75) is 71.7 Å². The molecule has 130 valence electrons. The summed E-state index contributed by atoms with van der Waals surface area (Å²) in [5.74, 6) is -2.31. The molecular formula is C19H30O4. The summed E-state index contributed by atoms with van der Waals surface area (Å²) in [7, 11) is 0. The summed E-state index contributed by atoms with van der Waals surface area (Å²) in [4.78, 5) is 12.2. The molecule has 2 bridgehead atoms. The van der Waals surface area contributed by atoms with Crippen LogP contribution in [0.25, 0.3) is 0 Å². The van der Waals surface area contributed by atoms with E-state index in [1.54, 1.807) is 6.92 Å². The second-order valence-electron chi connectivity index (χ2n) is 7.86. The van der Waals surface area contributed by atoms with Crippen molar-refractivity contribution in [3.8, 4) is 0 Å². The van der Waals surface area contributed by atoms with Crippen LogP contribution in [0.2, 0.25) is 0 Å². The fourth-order valence-electron chi connectivity index (χ4n) is 3.70. The highest BCUT2D eigenvalue weighted by atomic mass is 16.7. The summed E-state index contributed by atoms with van der Waals surface area (Å²) in [5.41, 5.74) is -0.0129. The molecule has 0 amide bonds. The highest BCUT2D eigenvalue weighted by molar-refractivity contribution is 5.92. The zero-order valence-electron chi connectivity index (χ0n) is 14.9. The molecule has 0 aromatic heterocycles. The average Bonchev–Trinajstić information content (AvgIpc) is 2.73. The molecule has 2 aliphatic rings. The van der Waals surface area contributed by atoms with Gasteiger partial charge in [-0.1, -0.05) is 38.3 Å². The summed E-state index contributed by atoms with van der Waals surface area (Å²) in [6, 6.07) is 0. The second kappa shape index (κ2) is 6.40. The van der Waals surface area contributed by atoms with Gasteiger partial charge in [0.05, 0.1) is 0 Å². The Kier molecular flexibility index (Phi) is 5.07. The third kappa shape index (κ3) is 3.53. The van der Waals surface area contributed by atoms with Gasteiger partial charge in [0.1, 0.15) is 5.60 Å². The van der Waals surface area contributed by atoms with Gasteiger partial charge in [-0.25, -0.2) is 4.79 Å². The lowest BCUT2D eigenvalue weighted by Crippen LogP contribution is -2.56. The van der Waals surface area contributed by atoms with Crippen molar-refractivity contribution in [1.82, 2.24) is 0 Å². The van der Waals surface area contributed by atoms with Crippen LogP contribution in [-0.2, 0) is 9.53 Å². The molecule has 2 N–H and O–H groups in total. The second-order valence-corrected chi connectivity index (χ2v) is 7.86. The number of esters is 1. The first-order valence-electron chi connectivity index (χ1n) is 8.62. The molecule has 1 heterocycles. The van der Waals surface area contributed by atoms with Crippen molar-refractivity contribution in [2.24, 2.45) is 17.8 Å². The molecule has 1 aliphatic carbocycles. The summed E-state index contributed by atoms with van der Waals surface area (Å²) in [5, 5.41) is 22.1. The van der Waals surface area contributed by atoms with Gasteiger partial charge >= 0.3 is 5.97 Å². The quantitative estimate of drug-likeness (QED) is 0.574. The summed E-state index contributed by atoms with van der Waals surface area (Å²) >= 11 is 0. The number of carbonyl (C=O) groups excluding carboxylic acids is 1. The molecular weight excluding hydrogens is 292 g/mol. The number of allylic oxidation sites excluding steroid dienone is 1. The van der Waals surface area contributed by atoms with E-state index in [2.05, 4.69) is 6.92 Å². The number of hydrogen-bond donors (Lipinski definition) is 2. The van der Waals surface area contributed by atoms with E-state index in [1.165, 1.54) is 6.08 Å². The van der Waals surface area contributed by atoms with Gasteiger partial charge in [0.2, 0.25) is 0 Å². The standard InChI is InChI=1S/C19H30O4/c1-12(2)9-15-10-13(3)7-6-8-14(4)16-11-19(22,18(15,5)21)23-17(16)20/h9,11,13-15,21-22H,6-8,10H2,1-5H3/t13-,14+,15-,18+,19+/m1/s1. The van der Waals surface area contributed by atoms with Gasteiger partial charge in [-0.3, -0.25) is 0 Å². The molecule has 0 spiro atoms. The first kappa shape index (κ1) is 18.2. The van der Waals surface area contributed by atoms with E-state index in [-0.39, 0.29) is 11.8 Å². The lowest BCUT2D eigenvalue weighted by Gasteiger charge is -2.41. The van der Waals surface area contributed by atoms with Crippen LogP contribution in [0.1, 0.15) is 60.3 Å². The Morgan fingerprint density at radius 1 is 1.30 bits per heavy atom. The van der Waals surface area contributed by atoms with Gasteiger partial charge < -0.3 is 14.9 Å². The largest absolute Gasteiger partial charge is 0.423 e. The molecule has 0 radical (unpaired) electrons. The molecule has 5 atom stereocenters. The van der Waals surface area contributed by atoms with E-state index in [4.69, 9.17) is 4.74 Å². The number of carbonyl (C=O) groups is 1. The van der Waals surface area contributed by atoms with Crippen LogP contribution in [0.5, 0.6) is 0 Å². The Morgan fingerprint density at radius 2 is 1.96 bits per heavy atom. The number of fused-ring (bicyclic) bond motifs is 1. The maximum Gasteiger partial charge on any atom is 0.337 e. The normalized spacial score (nSPS) is 41.6. The molecule has 0 unspecified atom stereocenters. The third-order valence-corrected chi connectivity index (χ3v) is 5.34.